The van der Waals surface area contributed by atoms with Gasteiger partial charge in [0.25, 0.3) is 0 Å². The average molecular weight is 377 g/mol. The van der Waals surface area contributed by atoms with E-state index in [-0.39, 0.29) is 17.0 Å². The zero-order chi connectivity index (χ0) is 18.5. The SMILES string of the molecule is Cc1ccc(NC(=O)C(C)Sc2n[nH]c(CCC3CCCC3)n2)cc1F. The first-order chi connectivity index (χ1) is 12.5. The number of amides is 1. The van der Waals surface area contributed by atoms with Crippen LogP contribution in [0.15, 0.2) is 23.4 Å². The van der Waals surface area contributed by atoms with Crippen LogP contribution in [0, 0.1) is 18.7 Å². The number of thioether (sulfide) groups is 1. The van der Waals surface area contributed by atoms with Crippen molar-refractivity contribution in [1.82, 2.24) is 15.2 Å². The topological polar surface area (TPSA) is 70.7 Å². The van der Waals surface area contributed by atoms with Gasteiger partial charge in [-0.25, -0.2) is 9.37 Å². The second-order valence-electron chi connectivity index (χ2n) is 6.97. The Hall–Kier alpha value is -1.89. The molecule has 3 rings (SSSR count). The van der Waals surface area contributed by atoms with Gasteiger partial charge in [0, 0.05) is 12.1 Å². The molecule has 7 heteroatoms. The molecule has 1 heterocycles. The summed E-state index contributed by atoms with van der Waals surface area (Å²) >= 11 is 1.30. The van der Waals surface area contributed by atoms with Gasteiger partial charge in [0.15, 0.2) is 0 Å². The highest BCUT2D eigenvalue weighted by Gasteiger charge is 2.19. The quantitative estimate of drug-likeness (QED) is 0.698. The van der Waals surface area contributed by atoms with Gasteiger partial charge < -0.3 is 5.32 Å². The third-order valence-electron chi connectivity index (χ3n) is 4.87. The molecule has 2 aromatic rings. The fraction of sp³-hybridized carbons (Fsp3) is 0.526. The van der Waals surface area contributed by atoms with Gasteiger partial charge in [0.2, 0.25) is 11.1 Å². The van der Waals surface area contributed by atoms with E-state index in [1.54, 1.807) is 26.0 Å². The first-order valence-electron chi connectivity index (χ1n) is 9.16. The molecule has 1 atom stereocenters. The normalized spacial score (nSPS) is 16.0. The van der Waals surface area contributed by atoms with E-state index in [9.17, 15) is 9.18 Å². The van der Waals surface area contributed by atoms with Gasteiger partial charge in [-0.05, 0) is 43.9 Å². The predicted octanol–water partition coefficient (Wildman–Crippen LogP) is 4.49. The van der Waals surface area contributed by atoms with Crippen molar-refractivity contribution in [3.8, 4) is 0 Å². The van der Waals surface area contributed by atoms with Gasteiger partial charge >= 0.3 is 0 Å². The third-order valence-corrected chi connectivity index (χ3v) is 5.83. The summed E-state index contributed by atoms with van der Waals surface area (Å²) in [7, 11) is 0. The van der Waals surface area contributed by atoms with E-state index in [0.717, 1.165) is 24.6 Å². The number of benzene rings is 1. The zero-order valence-corrected chi connectivity index (χ0v) is 16.0. The summed E-state index contributed by atoms with van der Waals surface area (Å²) in [5.41, 5.74) is 1.01. The lowest BCUT2D eigenvalue weighted by Crippen LogP contribution is -2.22. The minimum Gasteiger partial charge on any atom is -0.325 e. The smallest absolute Gasteiger partial charge is 0.237 e. The Kier molecular flexibility index (Phi) is 6.29. The summed E-state index contributed by atoms with van der Waals surface area (Å²) in [6.07, 6.45) is 7.40. The summed E-state index contributed by atoms with van der Waals surface area (Å²) in [6.45, 7) is 3.48. The highest BCUT2D eigenvalue weighted by Crippen LogP contribution is 2.28. The summed E-state index contributed by atoms with van der Waals surface area (Å²) in [5, 5.41) is 10.1. The lowest BCUT2D eigenvalue weighted by Gasteiger charge is -2.10. The van der Waals surface area contributed by atoms with Crippen LogP contribution in [0.25, 0.3) is 0 Å². The number of hydrogen-bond acceptors (Lipinski definition) is 4. The summed E-state index contributed by atoms with van der Waals surface area (Å²) < 4.78 is 13.6. The molecule has 1 fully saturated rings. The first kappa shape index (κ1) is 18.9. The van der Waals surface area contributed by atoms with E-state index < -0.39 is 0 Å². The van der Waals surface area contributed by atoms with E-state index in [2.05, 4.69) is 20.5 Å². The van der Waals surface area contributed by atoms with Gasteiger partial charge in [-0.1, -0.05) is 43.5 Å². The van der Waals surface area contributed by atoms with Crippen molar-refractivity contribution in [2.75, 3.05) is 5.32 Å². The van der Waals surface area contributed by atoms with E-state index in [1.165, 1.54) is 43.5 Å². The molecule has 1 amide bonds. The summed E-state index contributed by atoms with van der Waals surface area (Å²) in [5.74, 6) is 1.17. The minimum absolute atomic E-state index is 0.199. The molecule has 0 saturated heterocycles. The Morgan fingerprint density at radius 3 is 2.92 bits per heavy atom. The molecule has 1 unspecified atom stereocenters. The second-order valence-corrected chi connectivity index (χ2v) is 8.28. The van der Waals surface area contributed by atoms with Crippen molar-refractivity contribution in [1.29, 1.82) is 0 Å². The summed E-state index contributed by atoms with van der Waals surface area (Å²) in [6, 6.07) is 4.68. The largest absolute Gasteiger partial charge is 0.325 e. The second kappa shape index (κ2) is 8.66. The fourth-order valence-corrected chi connectivity index (χ4v) is 3.95. The number of carbonyl (C=O) groups is 1. The minimum atomic E-state index is -0.377. The standard InChI is InChI=1S/C19H25FN4OS/c1-12-7-9-15(11-16(12)20)21-18(25)13(2)26-19-22-17(23-24-19)10-8-14-5-3-4-6-14/h7,9,11,13-14H,3-6,8,10H2,1-2H3,(H,21,25)(H,22,23,24). The number of H-pyrrole nitrogens is 1. The number of nitrogens with one attached hydrogen (secondary N) is 2. The van der Waals surface area contributed by atoms with Crippen LogP contribution in [0.4, 0.5) is 10.1 Å². The van der Waals surface area contributed by atoms with E-state index >= 15 is 0 Å². The Bertz CT molecular complexity index is 758. The van der Waals surface area contributed by atoms with Crippen LogP contribution in [-0.2, 0) is 11.2 Å². The van der Waals surface area contributed by atoms with Crippen LogP contribution in [0.1, 0.15) is 50.4 Å². The molecule has 1 saturated carbocycles. The number of nitrogens with zero attached hydrogens (tertiary/aromatic N) is 2. The van der Waals surface area contributed by atoms with Crippen LogP contribution < -0.4 is 5.32 Å². The van der Waals surface area contributed by atoms with Crippen molar-refractivity contribution in [3.63, 3.8) is 0 Å². The van der Waals surface area contributed by atoms with Crippen molar-refractivity contribution in [2.24, 2.45) is 5.92 Å². The van der Waals surface area contributed by atoms with Crippen LogP contribution in [0.2, 0.25) is 0 Å². The van der Waals surface area contributed by atoms with Crippen LogP contribution in [0.3, 0.4) is 0 Å². The Morgan fingerprint density at radius 2 is 2.19 bits per heavy atom. The zero-order valence-electron chi connectivity index (χ0n) is 15.2. The Balaban J connectivity index is 1.49. The number of carbonyl (C=O) groups excluding carboxylic acids is 1. The van der Waals surface area contributed by atoms with E-state index in [0.29, 0.717) is 16.4 Å². The van der Waals surface area contributed by atoms with Gasteiger partial charge in [-0.15, -0.1) is 5.10 Å². The predicted molar refractivity (Wildman–Crippen MR) is 102 cm³/mol. The fourth-order valence-electron chi connectivity index (χ4n) is 3.21. The highest BCUT2D eigenvalue weighted by molar-refractivity contribution is 8.00. The first-order valence-corrected chi connectivity index (χ1v) is 10.0. The van der Waals surface area contributed by atoms with Gasteiger partial charge in [0.05, 0.1) is 5.25 Å². The summed E-state index contributed by atoms with van der Waals surface area (Å²) in [4.78, 5) is 16.8. The molecule has 0 bridgehead atoms. The van der Waals surface area contributed by atoms with Crippen LogP contribution in [0.5, 0.6) is 0 Å². The molecule has 0 radical (unpaired) electrons. The van der Waals surface area contributed by atoms with Crippen LogP contribution >= 0.6 is 11.8 Å². The molecular formula is C19H25FN4OS. The lowest BCUT2D eigenvalue weighted by molar-refractivity contribution is -0.115. The number of aryl methyl sites for hydroxylation is 2. The average Bonchev–Trinajstić information content (AvgIpc) is 3.28. The number of halogens is 1. The van der Waals surface area contributed by atoms with E-state index in [4.69, 9.17) is 0 Å². The highest BCUT2D eigenvalue weighted by atomic mass is 32.2. The van der Waals surface area contributed by atoms with Crippen molar-refractivity contribution < 1.29 is 9.18 Å². The molecule has 0 spiro atoms. The molecule has 0 aliphatic heterocycles. The monoisotopic (exact) mass is 376 g/mol. The number of anilines is 1. The third kappa shape index (κ3) is 5.06. The van der Waals surface area contributed by atoms with Gasteiger partial charge in [0.1, 0.15) is 11.6 Å². The van der Waals surface area contributed by atoms with Gasteiger partial charge in [-0.3, -0.25) is 9.89 Å². The van der Waals surface area contributed by atoms with Crippen molar-refractivity contribution in [2.45, 2.75) is 62.8 Å². The Morgan fingerprint density at radius 1 is 1.42 bits per heavy atom. The molecule has 5 nitrogen and oxygen atoms in total. The molecule has 1 aromatic carbocycles. The van der Waals surface area contributed by atoms with Gasteiger partial charge in [-0.2, -0.15) is 0 Å². The molecule has 2 N–H and O–H groups in total. The molecule has 1 aromatic heterocycles. The number of rotatable bonds is 7. The number of aromatic nitrogens is 3. The molecule has 1 aliphatic carbocycles. The maximum Gasteiger partial charge on any atom is 0.237 e. The molecular weight excluding hydrogens is 351 g/mol. The molecule has 1 aliphatic rings. The molecule has 26 heavy (non-hydrogen) atoms. The Labute approximate surface area is 157 Å². The van der Waals surface area contributed by atoms with Crippen molar-refractivity contribution in [3.05, 3.63) is 35.4 Å². The maximum atomic E-state index is 13.6. The maximum absolute atomic E-state index is 13.6. The molecule has 140 valence electrons. The number of aromatic amines is 1. The van der Waals surface area contributed by atoms with Crippen molar-refractivity contribution >= 4 is 23.4 Å². The number of hydrogen-bond donors (Lipinski definition) is 2. The van der Waals surface area contributed by atoms with Crippen LogP contribution in [-0.4, -0.2) is 26.3 Å². The lowest BCUT2D eigenvalue weighted by atomic mass is 10.0. The van der Waals surface area contributed by atoms with E-state index in [1.807, 2.05) is 0 Å².